The lowest BCUT2D eigenvalue weighted by molar-refractivity contribution is -0.125. The van der Waals surface area contributed by atoms with Crippen molar-refractivity contribution in [1.82, 2.24) is 10.2 Å². The molecular formula is C15H16N2O3. The number of likely N-dealkylation sites (N-methyl/N-ethyl adjacent to an activating group) is 1. The van der Waals surface area contributed by atoms with E-state index < -0.39 is 6.04 Å². The molecule has 104 valence electrons. The van der Waals surface area contributed by atoms with Crippen molar-refractivity contribution in [3.8, 4) is 0 Å². The van der Waals surface area contributed by atoms with E-state index in [4.69, 9.17) is 0 Å². The second-order valence-corrected chi connectivity index (χ2v) is 4.77. The zero-order valence-electron chi connectivity index (χ0n) is 11.3. The molecule has 0 aromatic heterocycles. The quantitative estimate of drug-likeness (QED) is 0.845. The third-order valence-corrected chi connectivity index (χ3v) is 3.43. The number of allylic oxidation sites excluding steroid dienone is 1. The van der Waals surface area contributed by atoms with Crippen LogP contribution in [-0.4, -0.2) is 36.1 Å². The molecule has 1 aromatic rings. The fourth-order valence-electron chi connectivity index (χ4n) is 2.26. The highest BCUT2D eigenvalue weighted by atomic mass is 16.2. The van der Waals surface area contributed by atoms with Crippen molar-refractivity contribution < 1.29 is 14.4 Å². The van der Waals surface area contributed by atoms with Crippen LogP contribution in [0.4, 0.5) is 0 Å². The predicted molar refractivity (Wildman–Crippen MR) is 74.2 cm³/mol. The van der Waals surface area contributed by atoms with Crippen molar-refractivity contribution in [3.05, 3.63) is 47.7 Å². The SMILES string of the molecule is C=C1CCC(N(C)C(=O)c2ccccc2C=O)C(=O)N1. The van der Waals surface area contributed by atoms with E-state index in [2.05, 4.69) is 11.9 Å². The highest BCUT2D eigenvalue weighted by molar-refractivity contribution is 6.03. The number of nitrogens with zero attached hydrogens (tertiary/aromatic N) is 1. The molecule has 1 aromatic carbocycles. The number of hydrogen-bond acceptors (Lipinski definition) is 3. The van der Waals surface area contributed by atoms with E-state index in [1.807, 2.05) is 0 Å². The molecule has 2 rings (SSSR count). The zero-order valence-corrected chi connectivity index (χ0v) is 11.3. The molecule has 1 heterocycles. The van der Waals surface area contributed by atoms with Crippen molar-refractivity contribution in [2.45, 2.75) is 18.9 Å². The molecule has 1 aliphatic heterocycles. The molecule has 1 N–H and O–H groups in total. The first-order valence-electron chi connectivity index (χ1n) is 6.34. The lowest BCUT2D eigenvalue weighted by atomic mass is 10.0. The Hall–Kier alpha value is -2.43. The van der Waals surface area contributed by atoms with E-state index in [0.29, 0.717) is 36.0 Å². The number of rotatable bonds is 3. The average molecular weight is 272 g/mol. The normalized spacial score (nSPS) is 18.4. The van der Waals surface area contributed by atoms with Gasteiger partial charge in [0.25, 0.3) is 5.91 Å². The number of nitrogens with one attached hydrogen (secondary N) is 1. The highest BCUT2D eigenvalue weighted by Gasteiger charge is 2.31. The minimum Gasteiger partial charge on any atom is -0.330 e. The molecule has 0 aliphatic carbocycles. The third kappa shape index (κ3) is 2.61. The van der Waals surface area contributed by atoms with Gasteiger partial charge in [-0.25, -0.2) is 0 Å². The number of carbonyl (C=O) groups excluding carboxylic acids is 3. The van der Waals surface area contributed by atoms with Crippen molar-refractivity contribution in [2.24, 2.45) is 0 Å². The molecule has 5 nitrogen and oxygen atoms in total. The Morgan fingerprint density at radius 1 is 1.45 bits per heavy atom. The van der Waals surface area contributed by atoms with Crippen LogP contribution in [0.1, 0.15) is 33.6 Å². The molecule has 1 unspecified atom stereocenters. The van der Waals surface area contributed by atoms with Crippen LogP contribution >= 0.6 is 0 Å². The van der Waals surface area contributed by atoms with Crippen molar-refractivity contribution in [2.75, 3.05) is 7.05 Å². The third-order valence-electron chi connectivity index (χ3n) is 3.43. The van der Waals surface area contributed by atoms with Gasteiger partial charge in [0, 0.05) is 18.3 Å². The van der Waals surface area contributed by atoms with Gasteiger partial charge in [0.05, 0.1) is 5.56 Å². The molecule has 0 bridgehead atoms. The smallest absolute Gasteiger partial charge is 0.255 e. The summed E-state index contributed by atoms with van der Waals surface area (Å²) in [5.41, 5.74) is 1.30. The van der Waals surface area contributed by atoms with Gasteiger partial charge in [0.2, 0.25) is 5.91 Å². The first kappa shape index (κ1) is 14.0. The second-order valence-electron chi connectivity index (χ2n) is 4.77. The summed E-state index contributed by atoms with van der Waals surface area (Å²) in [7, 11) is 1.57. The number of hydrogen-bond donors (Lipinski definition) is 1. The molecule has 5 heteroatoms. The molecule has 1 aliphatic rings. The van der Waals surface area contributed by atoms with Gasteiger partial charge in [-0.3, -0.25) is 14.4 Å². The second kappa shape index (κ2) is 5.69. The number of amides is 2. The van der Waals surface area contributed by atoms with Crippen LogP contribution in [0, 0.1) is 0 Å². The van der Waals surface area contributed by atoms with Gasteiger partial charge in [-0.05, 0) is 18.9 Å². The van der Waals surface area contributed by atoms with Gasteiger partial charge in [-0.2, -0.15) is 0 Å². The number of piperidine rings is 1. The van der Waals surface area contributed by atoms with Gasteiger partial charge in [-0.15, -0.1) is 0 Å². The first-order chi connectivity index (χ1) is 9.54. The van der Waals surface area contributed by atoms with Gasteiger partial charge in [-0.1, -0.05) is 24.8 Å². The first-order valence-corrected chi connectivity index (χ1v) is 6.34. The monoisotopic (exact) mass is 272 g/mol. The minimum absolute atomic E-state index is 0.235. The minimum atomic E-state index is -0.535. The van der Waals surface area contributed by atoms with Crippen LogP contribution in [0.15, 0.2) is 36.5 Å². The molecule has 1 atom stereocenters. The van der Waals surface area contributed by atoms with Gasteiger partial charge < -0.3 is 10.2 Å². The lowest BCUT2D eigenvalue weighted by Gasteiger charge is -2.31. The Labute approximate surface area is 117 Å². The van der Waals surface area contributed by atoms with Crippen LogP contribution < -0.4 is 5.32 Å². The number of carbonyl (C=O) groups is 3. The topological polar surface area (TPSA) is 66.5 Å². The molecule has 0 saturated carbocycles. The number of aldehydes is 1. The molecule has 1 fully saturated rings. The van der Waals surface area contributed by atoms with Gasteiger partial charge >= 0.3 is 0 Å². The molecular weight excluding hydrogens is 256 g/mol. The van der Waals surface area contributed by atoms with Crippen LogP contribution in [-0.2, 0) is 4.79 Å². The summed E-state index contributed by atoms with van der Waals surface area (Å²) in [5.74, 6) is -0.568. The Morgan fingerprint density at radius 2 is 2.15 bits per heavy atom. The zero-order chi connectivity index (χ0) is 14.7. The van der Waals surface area contributed by atoms with Crippen molar-refractivity contribution >= 4 is 18.1 Å². The molecule has 0 spiro atoms. The standard InChI is InChI=1S/C15H16N2O3/c1-10-7-8-13(14(19)16-10)17(2)15(20)12-6-4-3-5-11(12)9-18/h3-6,9,13H,1,7-8H2,2H3,(H,16,19). The van der Waals surface area contributed by atoms with Crippen molar-refractivity contribution in [1.29, 1.82) is 0 Å². The van der Waals surface area contributed by atoms with E-state index >= 15 is 0 Å². The summed E-state index contributed by atoms with van der Waals surface area (Å²) >= 11 is 0. The predicted octanol–water partition coefficient (Wildman–Crippen LogP) is 1.36. The van der Waals surface area contributed by atoms with E-state index in [1.165, 1.54) is 4.90 Å². The Morgan fingerprint density at radius 3 is 2.80 bits per heavy atom. The van der Waals surface area contributed by atoms with Crippen LogP contribution in [0.3, 0.4) is 0 Å². The lowest BCUT2D eigenvalue weighted by Crippen LogP contribution is -2.50. The summed E-state index contributed by atoms with van der Waals surface area (Å²) in [5, 5.41) is 2.65. The Kier molecular flexibility index (Phi) is 3.98. The maximum atomic E-state index is 12.4. The van der Waals surface area contributed by atoms with E-state index in [-0.39, 0.29) is 11.8 Å². The summed E-state index contributed by atoms with van der Waals surface area (Å²) in [6.45, 7) is 3.71. The van der Waals surface area contributed by atoms with Gasteiger partial charge in [0.15, 0.2) is 6.29 Å². The molecule has 2 amide bonds. The number of benzene rings is 1. The largest absolute Gasteiger partial charge is 0.330 e. The van der Waals surface area contributed by atoms with Crippen LogP contribution in [0.25, 0.3) is 0 Å². The Bertz CT molecular complexity index is 580. The fourth-order valence-corrected chi connectivity index (χ4v) is 2.26. The van der Waals surface area contributed by atoms with Crippen LogP contribution in [0.2, 0.25) is 0 Å². The van der Waals surface area contributed by atoms with E-state index in [0.717, 1.165) is 0 Å². The maximum absolute atomic E-state index is 12.4. The molecule has 20 heavy (non-hydrogen) atoms. The van der Waals surface area contributed by atoms with Gasteiger partial charge in [0.1, 0.15) is 6.04 Å². The summed E-state index contributed by atoms with van der Waals surface area (Å²) < 4.78 is 0. The highest BCUT2D eigenvalue weighted by Crippen LogP contribution is 2.18. The maximum Gasteiger partial charge on any atom is 0.255 e. The van der Waals surface area contributed by atoms with E-state index in [9.17, 15) is 14.4 Å². The van der Waals surface area contributed by atoms with Crippen LogP contribution in [0.5, 0.6) is 0 Å². The van der Waals surface area contributed by atoms with E-state index in [1.54, 1.807) is 31.3 Å². The molecule has 0 radical (unpaired) electrons. The Balaban J connectivity index is 2.22. The average Bonchev–Trinajstić information content (AvgIpc) is 2.45. The molecule has 1 saturated heterocycles. The fraction of sp³-hybridized carbons (Fsp3) is 0.267. The summed E-state index contributed by atoms with van der Waals surface area (Å²) in [4.78, 5) is 36.7. The van der Waals surface area contributed by atoms with Crippen molar-refractivity contribution in [3.63, 3.8) is 0 Å². The summed E-state index contributed by atoms with van der Waals surface area (Å²) in [6.07, 6.45) is 1.82. The summed E-state index contributed by atoms with van der Waals surface area (Å²) in [6, 6.07) is 6.01.